The van der Waals surface area contributed by atoms with Gasteiger partial charge in [0.25, 0.3) is 0 Å². The number of H-pyrrole nitrogens is 1. The molecule has 2 rings (SSSR count). The highest BCUT2D eigenvalue weighted by Gasteiger charge is 2.14. The van der Waals surface area contributed by atoms with Crippen molar-refractivity contribution in [2.45, 2.75) is 6.10 Å². The highest BCUT2D eigenvalue weighted by Crippen LogP contribution is 2.29. The normalized spacial score (nSPS) is 12.7. The second kappa shape index (κ2) is 4.27. The van der Waals surface area contributed by atoms with E-state index in [0.717, 1.165) is 0 Å². The number of rotatable bonds is 2. The Morgan fingerprint density at radius 1 is 1.20 bits per heavy atom. The van der Waals surface area contributed by atoms with Crippen molar-refractivity contribution in [2.24, 2.45) is 0 Å². The van der Waals surface area contributed by atoms with Crippen molar-refractivity contribution in [1.82, 2.24) is 4.98 Å². The number of nitrogens with one attached hydrogen (secondary N) is 1. The van der Waals surface area contributed by atoms with Crippen LogP contribution in [0.1, 0.15) is 17.4 Å². The molecule has 1 heterocycles. The molecule has 78 valence electrons. The second-order valence-corrected chi connectivity index (χ2v) is 4.04. The Bertz CT molecular complexity index is 454. The van der Waals surface area contributed by atoms with Crippen molar-refractivity contribution in [3.8, 4) is 0 Å². The number of halogens is 2. The molecule has 0 fully saturated rings. The molecule has 0 aliphatic heterocycles. The topological polar surface area (TPSA) is 36.0 Å². The molecule has 0 bridgehead atoms. The highest BCUT2D eigenvalue weighted by atomic mass is 35.5. The SMILES string of the molecule is OC(c1ccc[nH]1)c1ccc(Cl)cc1Cl. The quantitative estimate of drug-likeness (QED) is 0.831. The van der Waals surface area contributed by atoms with Crippen LogP contribution in [0.4, 0.5) is 0 Å². The maximum Gasteiger partial charge on any atom is 0.120 e. The molecule has 1 aromatic heterocycles. The Hall–Kier alpha value is -0.960. The van der Waals surface area contributed by atoms with Gasteiger partial charge in [-0.2, -0.15) is 0 Å². The molecule has 2 N–H and O–H groups in total. The van der Waals surface area contributed by atoms with E-state index in [0.29, 0.717) is 21.3 Å². The summed E-state index contributed by atoms with van der Waals surface area (Å²) in [5.74, 6) is 0. The molecule has 4 heteroatoms. The lowest BCUT2D eigenvalue weighted by Gasteiger charge is -2.11. The van der Waals surface area contributed by atoms with E-state index in [-0.39, 0.29) is 0 Å². The maximum atomic E-state index is 9.99. The number of hydrogen-bond donors (Lipinski definition) is 2. The molecule has 2 nitrogen and oxygen atoms in total. The fourth-order valence-corrected chi connectivity index (χ4v) is 1.92. The fourth-order valence-electron chi connectivity index (χ4n) is 1.41. The van der Waals surface area contributed by atoms with Gasteiger partial charge in [-0.25, -0.2) is 0 Å². The lowest BCUT2D eigenvalue weighted by Crippen LogP contribution is -2.00. The Morgan fingerprint density at radius 2 is 2.00 bits per heavy atom. The Kier molecular flexibility index (Phi) is 3.00. The minimum Gasteiger partial charge on any atom is -0.382 e. The number of aromatic amines is 1. The number of aliphatic hydroxyl groups is 1. The molecule has 0 aliphatic carbocycles. The molecular formula is C11H9Cl2NO. The van der Waals surface area contributed by atoms with Crippen LogP contribution in [-0.4, -0.2) is 10.1 Å². The van der Waals surface area contributed by atoms with Crippen LogP contribution in [-0.2, 0) is 0 Å². The molecule has 0 amide bonds. The van der Waals surface area contributed by atoms with Crippen LogP contribution < -0.4 is 0 Å². The summed E-state index contributed by atoms with van der Waals surface area (Å²) in [4.78, 5) is 2.94. The van der Waals surface area contributed by atoms with Crippen molar-refractivity contribution in [3.05, 3.63) is 57.8 Å². The molecule has 0 saturated carbocycles. The standard InChI is InChI=1S/C11H9Cl2NO/c12-7-3-4-8(9(13)6-7)11(15)10-2-1-5-14-10/h1-6,11,14-15H. The van der Waals surface area contributed by atoms with E-state index in [4.69, 9.17) is 23.2 Å². The van der Waals surface area contributed by atoms with Gasteiger partial charge in [0.1, 0.15) is 6.10 Å². The molecule has 0 saturated heterocycles. The zero-order valence-electron chi connectivity index (χ0n) is 7.74. The third-order valence-corrected chi connectivity index (χ3v) is 2.74. The molecule has 0 aliphatic rings. The zero-order chi connectivity index (χ0) is 10.8. The van der Waals surface area contributed by atoms with Gasteiger partial charge in [-0.3, -0.25) is 0 Å². The Morgan fingerprint density at radius 3 is 2.60 bits per heavy atom. The summed E-state index contributed by atoms with van der Waals surface area (Å²) in [6.07, 6.45) is 1.01. The summed E-state index contributed by atoms with van der Waals surface area (Å²) in [5, 5.41) is 11.0. The smallest absolute Gasteiger partial charge is 0.120 e. The van der Waals surface area contributed by atoms with Gasteiger partial charge in [0, 0.05) is 27.5 Å². The van der Waals surface area contributed by atoms with Crippen LogP contribution in [0.3, 0.4) is 0 Å². The van der Waals surface area contributed by atoms with Gasteiger partial charge >= 0.3 is 0 Å². The van der Waals surface area contributed by atoms with E-state index in [1.54, 1.807) is 30.5 Å². The largest absolute Gasteiger partial charge is 0.382 e. The first-order valence-electron chi connectivity index (χ1n) is 4.45. The average Bonchev–Trinajstić information content (AvgIpc) is 2.69. The molecule has 2 aromatic rings. The minimum atomic E-state index is -0.746. The summed E-state index contributed by atoms with van der Waals surface area (Å²) >= 11 is 11.8. The molecule has 1 atom stereocenters. The summed E-state index contributed by atoms with van der Waals surface area (Å²) in [6, 6.07) is 8.66. The molecule has 0 radical (unpaired) electrons. The first-order chi connectivity index (χ1) is 7.18. The fraction of sp³-hybridized carbons (Fsp3) is 0.0909. The molecular weight excluding hydrogens is 233 g/mol. The van der Waals surface area contributed by atoms with E-state index in [1.165, 1.54) is 0 Å². The first-order valence-corrected chi connectivity index (χ1v) is 5.20. The lowest BCUT2D eigenvalue weighted by atomic mass is 10.1. The minimum absolute atomic E-state index is 0.463. The number of benzene rings is 1. The molecule has 15 heavy (non-hydrogen) atoms. The predicted octanol–water partition coefficient (Wildman–Crippen LogP) is 3.40. The number of aromatic nitrogens is 1. The first kappa shape index (κ1) is 10.6. The van der Waals surface area contributed by atoms with Crippen LogP contribution in [0.25, 0.3) is 0 Å². The van der Waals surface area contributed by atoms with Crippen LogP contribution in [0.15, 0.2) is 36.5 Å². The van der Waals surface area contributed by atoms with E-state index >= 15 is 0 Å². The van der Waals surface area contributed by atoms with Crippen LogP contribution in [0.2, 0.25) is 10.0 Å². The lowest BCUT2D eigenvalue weighted by molar-refractivity contribution is 0.216. The van der Waals surface area contributed by atoms with Crippen molar-refractivity contribution in [3.63, 3.8) is 0 Å². The van der Waals surface area contributed by atoms with Gasteiger partial charge in [0.15, 0.2) is 0 Å². The van der Waals surface area contributed by atoms with E-state index in [2.05, 4.69) is 4.98 Å². The van der Waals surface area contributed by atoms with Crippen molar-refractivity contribution < 1.29 is 5.11 Å². The van der Waals surface area contributed by atoms with Crippen molar-refractivity contribution in [1.29, 1.82) is 0 Å². The average molecular weight is 242 g/mol. The maximum absolute atomic E-state index is 9.99. The van der Waals surface area contributed by atoms with E-state index in [9.17, 15) is 5.11 Å². The van der Waals surface area contributed by atoms with Crippen molar-refractivity contribution >= 4 is 23.2 Å². The molecule has 1 aromatic carbocycles. The van der Waals surface area contributed by atoms with Gasteiger partial charge in [-0.05, 0) is 24.3 Å². The summed E-state index contributed by atoms with van der Waals surface area (Å²) in [7, 11) is 0. The van der Waals surface area contributed by atoms with E-state index < -0.39 is 6.10 Å². The monoisotopic (exact) mass is 241 g/mol. The number of aliphatic hydroxyl groups excluding tert-OH is 1. The summed E-state index contributed by atoms with van der Waals surface area (Å²) in [6.45, 7) is 0. The summed E-state index contributed by atoms with van der Waals surface area (Å²) in [5.41, 5.74) is 1.35. The van der Waals surface area contributed by atoms with Crippen LogP contribution in [0.5, 0.6) is 0 Å². The highest BCUT2D eigenvalue weighted by molar-refractivity contribution is 6.35. The van der Waals surface area contributed by atoms with E-state index in [1.807, 2.05) is 6.07 Å². The van der Waals surface area contributed by atoms with Crippen LogP contribution in [0, 0.1) is 0 Å². The number of hydrogen-bond acceptors (Lipinski definition) is 1. The Balaban J connectivity index is 2.38. The third kappa shape index (κ3) is 2.17. The zero-order valence-corrected chi connectivity index (χ0v) is 9.26. The van der Waals surface area contributed by atoms with Gasteiger partial charge in [-0.15, -0.1) is 0 Å². The van der Waals surface area contributed by atoms with Gasteiger partial charge in [0.05, 0.1) is 0 Å². The molecule has 1 unspecified atom stereocenters. The summed E-state index contributed by atoms with van der Waals surface area (Å²) < 4.78 is 0. The van der Waals surface area contributed by atoms with Gasteiger partial charge < -0.3 is 10.1 Å². The molecule has 0 spiro atoms. The van der Waals surface area contributed by atoms with Gasteiger partial charge in [-0.1, -0.05) is 29.3 Å². The second-order valence-electron chi connectivity index (χ2n) is 3.19. The van der Waals surface area contributed by atoms with Gasteiger partial charge in [0.2, 0.25) is 0 Å². The predicted molar refractivity (Wildman–Crippen MR) is 61.3 cm³/mol. The third-order valence-electron chi connectivity index (χ3n) is 2.17. The van der Waals surface area contributed by atoms with Crippen molar-refractivity contribution in [2.75, 3.05) is 0 Å². The Labute approximate surface area is 97.5 Å². The van der Waals surface area contributed by atoms with Crippen LogP contribution >= 0.6 is 23.2 Å².